The highest BCUT2D eigenvalue weighted by Gasteiger charge is 2.44. The zero-order valence-electron chi connectivity index (χ0n) is 18.1. The Morgan fingerprint density at radius 1 is 1.16 bits per heavy atom. The first-order chi connectivity index (χ1) is 15.4. The summed E-state index contributed by atoms with van der Waals surface area (Å²) in [7, 11) is 0. The van der Waals surface area contributed by atoms with E-state index in [1.54, 1.807) is 29.4 Å². The van der Waals surface area contributed by atoms with Crippen LogP contribution in [0.15, 0.2) is 60.9 Å². The number of rotatable bonds is 7. The van der Waals surface area contributed by atoms with Gasteiger partial charge in [-0.3, -0.25) is 9.59 Å². The van der Waals surface area contributed by atoms with E-state index in [-0.39, 0.29) is 18.3 Å². The average Bonchev–Trinajstić information content (AvgIpc) is 3.42. The number of nitrogens with two attached hydrogens (primary N) is 1. The number of halogens is 1. The summed E-state index contributed by atoms with van der Waals surface area (Å²) >= 11 is 0. The van der Waals surface area contributed by atoms with Crippen molar-refractivity contribution in [2.75, 3.05) is 13.1 Å². The highest BCUT2D eigenvalue weighted by atomic mass is 19.1. The lowest BCUT2D eigenvalue weighted by molar-refractivity contribution is -0.132. The number of likely N-dealkylation sites (tertiary alicyclic amines) is 1. The summed E-state index contributed by atoms with van der Waals surface area (Å²) in [6.45, 7) is 3.00. The van der Waals surface area contributed by atoms with E-state index >= 15 is 0 Å². The maximum atomic E-state index is 13.3. The smallest absolute Gasteiger partial charge is 0.242 e. The number of benzene rings is 2. The number of nitrogens with zero attached hydrogens (tertiary/aromatic N) is 3. The normalized spacial score (nSPS) is 18.1. The molecular weight excluding hydrogens is 407 g/mol. The number of carbonyl (C=O) groups is 2. The quantitative estimate of drug-likeness (QED) is 0.620. The van der Waals surface area contributed by atoms with Crippen LogP contribution in [0.25, 0.3) is 11.1 Å². The molecule has 1 aliphatic heterocycles. The Morgan fingerprint density at radius 3 is 2.66 bits per heavy atom. The van der Waals surface area contributed by atoms with Gasteiger partial charge >= 0.3 is 0 Å². The van der Waals surface area contributed by atoms with Crippen molar-refractivity contribution in [3.8, 4) is 11.1 Å². The van der Waals surface area contributed by atoms with Crippen LogP contribution in [0.4, 0.5) is 4.39 Å². The van der Waals surface area contributed by atoms with Gasteiger partial charge in [0.15, 0.2) is 0 Å². The second kappa shape index (κ2) is 8.94. The molecule has 1 atom stereocenters. The van der Waals surface area contributed by atoms with Crippen molar-refractivity contribution in [3.05, 3.63) is 78.1 Å². The van der Waals surface area contributed by atoms with Crippen LogP contribution in [0.5, 0.6) is 0 Å². The number of amides is 2. The van der Waals surface area contributed by atoms with Gasteiger partial charge in [-0.25, -0.2) is 9.37 Å². The van der Waals surface area contributed by atoms with E-state index in [9.17, 15) is 14.0 Å². The molecule has 6 nitrogen and oxygen atoms in total. The highest BCUT2D eigenvalue weighted by Crippen LogP contribution is 2.35. The Hall–Kier alpha value is -3.48. The van der Waals surface area contributed by atoms with E-state index < -0.39 is 11.3 Å². The third-order valence-corrected chi connectivity index (χ3v) is 6.30. The fourth-order valence-corrected chi connectivity index (χ4v) is 4.46. The molecule has 0 aliphatic carbocycles. The Labute approximate surface area is 186 Å². The number of imidazole rings is 1. The van der Waals surface area contributed by atoms with Crippen LogP contribution < -0.4 is 5.73 Å². The second-order valence-electron chi connectivity index (χ2n) is 8.42. The van der Waals surface area contributed by atoms with Gasteiger partial charge in [-0.15, -0.1) is 0 Å². The molecule has 0 spiro atoms. The number of carbonyl (C=O) groups excluding carboxylic acids is 2. The Morgan fingerprint density at radius 2 is 1.94 bits per heavy atom. The first-order valence-corrected chi connectivity index (χ1v) is 10.8. The fraction of sp³-hybridized carbons (Fsp3) is 0.320. The molecule has 2 aromatic carbocycles. The van der Waals surface area contributed by atoms with Crippen LogP contribution in [-0.4, -0.2) is 39.4 Å². The largest absolute Gasteiger partial charge is 0.369 e. The summed E-state index contributed by atoms with van der Waals surface area (Å²) in [6, 6.07) is 14.2. The van der Waals surface area contributed by atoms with Gasteiger partial charge in [-0.05, 0) is 41.7 Å². The zero-order valence-corrected chi connectivity index (χ0v) is 18.1. The molecule has 1 aromatic heterocycles. The molecule has 2 N–H and O–H groups in total. The van der Waals surface area contributed by atoms with Gasteiger partial charge in [0.25, 0.3) is 0 Å². The van der Waals surface area contributed by atoms with E-state index in [1.807, 2.05) is 35.8 Å². The van der Waals surface area contributed by atoms with Crippen LogP contribution in [-0.2, 0) is 29.0 Å². The molecule has 3 aromatic rings. The number of hydrogen-bond donors (Lipinski definition) is 1. The molecule has 2 heterocycles. The Bertz CT molecular complexity index is 1120. The lowest BCUT2D eigenvalue weighted by Crippen LogP contribution is -2.43. The van der Waals surface area contributed by atoms with Crippen LogP contribution >= 0.6 is 0 Å². The van der Waals surface area contributed by atoms with Gasteiger partial charge in [0.2, 0.25) is 11.8 Å². The summed E-state index contributed by atoms with van der Waals surface area (Å²) in [5.74, 6) is 0.143. The van der Waals surface area contributed by atoms with E-state index in [0.29, 0.717) is 25.9 Å². The molecule has 1 fully saturated rings. The molecule has 4 rings (SSSR count). The van der Waals surface area contributed by atoms with Gasteiger partial charge in [0.05, 0.1) is 5.41 Å². The molecule has 0 radical (unpaired) electrons. The standard InChI is InChI=1S/C25H27FN4O2/c1-2-22-28-11-13-29(22)16-23(31)30-12-10-25(17-30,24(27)32)15-18-4-3-5-20(14-18)19-6-8-21(26)9-7-19/h3-9,11,13-14H,2,10,12,15-17H2,1H3,(H2,27,32)/t25-/m1/s1. The van der Waals surface area contributed by atoms with E-state index in [4.69, 9.17) is 5.73 Å². The minimum atomic E-state index is -0.806. The summed E-state index contributed by atoms with van der Waals surface area (Å²) in [6.07, 6.45) is 5.22. The van der Waals surface area contributed by atoms with Gasteiger partial charge in [0, 0.05) is 31.9 Å². The summed E-state index contributed by atoms with van der Waals surface area (Å²) in [5.41, 5.74) is 7.86. The van der Waals surface area contributed by atoms with E-state index in [2.05, 4.69) is 4.98 Å². The van der Waals surface area contributed by atoms with Crippen molar-refractivity contribution < 1.29 is 14.0 Å². The Balaban J connectivity index is 1.50. The Kier molecular flexibility index (Phi) is 6.08. The zero-order chi connectivity index (χ0) is 22.7. The van der Waals surface area contributed by atoms with Gasteiger partial charge in [0.1, 0.15) is 18.2 Å². The van der Waals surface area contributed by atoms with Gasteiger partial charge < -0.3 is 15.2 Å². The molecule has 0 bridgehead atoms. The first-order valence-electron chi connectivity index (χ1n) is 10.8. The molecular formula is C25H27FN4O2. The number of hydrogen-bond acceptors (Lipinski definition) is 3. The molecule has 32 heavy (non-hydrogen) atoms. The van der Waals surface area contributed by atoms with E-state index in [1.165, 1.54) is 12.1 Å². The molecule has 7 heteroatoms. The maximum absolute atomic E-state index is 13.3. The first kappa shape index (κ1) is 21.7. The predicted octanol–water partition coefficient (Wildman–Crippen LogP) is 3.20. The molecule has 2 amide bonds. The molecule has 1 saturated heterocycles. The van der Waals surface area contributed by atoms with Crippen molar-refractivity contribution in [2.45, 2.75) is 32.7 Å². The second-order valence-corrected chi connectivity index (χ2v) is 8.42. The maximum Gasteiger partial charge on any atom is 0.242 e. The SMILES string of the molecule is CCc1nccn1CC(=O)N1CC[C@](Cc2cccc(-c3ccc(F)cc3)c2)(C(N)=O)C1. The third kappa shape index (κ3) is 4.42. The van der Waals surface area contributed by atoms with Gasteiger partial charge in [-0.2, -0.15) is 0 Å². The topological polar surface area (TPSA) is 81.2 Å². The molecule has 166 valence electrons. The van der Waals surface area contributed by atoms with Crippen molar-refractivity contribution >= 4 is 11.8 Å². The number of primary amides is 1. The minimum Gasteiger partial charge on any atom is -0.369 e. The van der Waals surface area contributed by atoms with Crippen molar-refractivity contribution in [1.29, 1.82) is 0 Å². The van der Waals surface area contributed by atoms with Crippen molar-refractivity contribution in [3.63, 3.8) is 0 Å². The molecule has 0 unspecified atom stereocenters. The monoisotopic (exact) mass is 434 g/mol. The molecule has 1 aliphatic rings. The summed E-state index contributed by atoms with van der Waals surface area (Å²) in [4.78, 5) is 31.4. The summed E-state index contributed by atoms with van der Waals surface area (Å²) in [5, 5.41) is 0. The minimum absolute atomic E-state index is 0.0408. The van der Waals surface area contributed by atoms with Gasteiger partial charge in [-0.1, -0.05) is 43.3 Å². The summed E-state index contributed by atoms with van der Waals surface area (Å²) < 4.78 is 15.1. The number of aryl methyl sites for hydroxylation is 1. The lowest BCUT2D eigenvalue weighted by atomic mass is 9.79. The average molecular weight is 435 g/mol. The van der Waals surface area contributed by atoms with Crippen LogP contribution in [0.1, 0.15) is 24.7 Å². The third-order valence-electron chi connectivity index (χ3n) is 6.30. The van der Waals surface area contributed by atoms with E-state index in [0.717, 1.165) is 28.9 Å². The van der Waals surface area contributed by atoms with Crippen LogP contribution in [0.3, 0.4) is 0 Å². The number of aromatic nitrogens is 2. The van der Waals surface area contributed by atoms with Crippen LogP contribution in [0.2, 0.25) is 0 Å². The molecule has 0 saturated carbocycles. The highest BCUT2D eigenvalue weighted by molar-refractivity contribution is 5.84. The van der Waals surface area contributed by atoms with Crippen molar-refractivity contribution in [2.24, 2.45) is 11.1 Å². The van der Waals surface area contributed by atoms with Crippen molar-refractivity contribution in [1.82, 2.24) is 14.5 Å². The predicted molar refractivity (Wildman–Crippen MR) is 120 cm³/mol. The fourth-order valence-electron chi connectivity index (χ4n) is 4.46. The van der Waals surface area contributed by atoms with Crippen LogP contribution in [0, 0.1) is 11.2 Å². The lowest BCUT2D eigenvalue weighted by Gasteiger charge is -2.26.